The number of anilines is 1. The van der Waals surface area contributed by atoms with E-state index in [1.807, 2.05) is 6.92 Å². The van der Waals surface area contributed by atoms with E-state index in [-0.39, 0.29) is 12.5 Å². The van der Waals surface area contributed by atoms with Crippen molar-refractivity contribution in [1.29, 1.82) is 0 Å². The highest BCUT2D eigenvalue weighted by Crippen LogP contribution is 2.20. The molecule has 140 valence electrons. The molecule has 0 unspecified atom stereocenters. The number of benzene rings is 2. The van der Waals surface area contributed by atoms with E-state index in [1.54, 1.807) is 24.3 Å². The van der Waals surface area contributed by atoms with Gasteiger partial charge >= 0.3 is 0 Å². The number of nitrogens with one attached hydrogen (secondary N) is 1. The van der Waals surface area contributed by atoms with Crippen LogP contribution in [0.3, 0.4) is 0 Å². The quantitative estimate of drug-likeness (QED) is 0.643. The van der Waals surface area contributed by atoms with Crippen molar-refractivity contribution in [3.8, 4) is 0 Å². The van der Waals surface area contributed by atoms with Gasteiger partial charge in [-0.1, -0.05) is 45.8 Å². The molecule has 26 heavy (non-hydrogen) atoms. The van der Waals surface area contributed by atoms with Gasteiger partial charge in [0.1, 0.15) is 6.54 Å². The first-order valence-electron chi connectivity index (χ1n) is 8.31. The summed E-state index contributed by atoms with van der Waals surface area (Å²) < 4.78 is 26.0. The third kappa shape index (κ3) is 6.46. The first-order chi connectivity index (χ1) is 12.3. The predicted molar refractivity (Wildman–Crippen MR) is 109 cm³/mol. The smallest absolute Gasteiger partial charge is 0.240 e. The summed E-state index contributed by atoms with van der Waals surface area (Å²) in [7, 11) is -3.55. The lowest BCUT2D eigenvalue weighted by molar-refractivity contribution is -0.119. The lowest BCUT2D eigenvalue weighted by Crippen LogP contribution is -2.40. The van der Waals surface area contributed by atoms with Crippen LogP contribution in [0.2, 0.25) is 0 Å². The Balaban J connectivity index is 1.87. The van der Waals surface area contributed by atoms with Gasteiger partial charge < -0.3 is 5.32 Å². The number of carbonyl (C=O) groups is 1. The van der Waals surface area contributed by atoms with E-state index in [4.69, 9.17) is 0 Å². The Morgan fingerprint density at radius 2 is 1.69 bits per heavy atom. The van der Waals surface area contributed by atoms with Gasteiger partial charge in [-0.25, -0.2) is 8.42 Å². The number of hydrogen-bond donors (Lipinski definition) is 1. The number of aryl methyl sites for hydroxylation is 2. The number of amides is 1. The Hall–Kier alpha value is -1.86. The highest BCUT2D eigenvalue weighted by molar-refractivity contribution is 9.10. The van der Waals surface area contributed by atoms with Crippen LogP contribution in [0.4, 0.5) is 5.69 Å². The first-order valence-corrected chi connectivity index (χ1v) is 11.0. The highest BCUT2D eigenvalue weighted by atomic mass is 79.9. The summed E-state index contributed by atoms with van der Waals surface area (Å²) in [5.74, 6) is -0.317. The second-order valence-corrected chi connectivity index (χ2v) is 9.01. The molecule has 2 rings (SSSR count). The van der Waals surface area contributed by atoms with E-state index in [0.717, 1.165) is 27.9 Å². The summed E-state index contributed by atoms with van der Waals surface area (Å²) in [4.78, 5) is 12.2. The minimum atomic E-state index is -3.55. The zero-order valence-electron chi connectivity index (χ0n) is 14.9. The molecule has 5 nitrogen and oxygen atoms in total. The molecule has 2 aromatic rings. The Bertz CT molecular complexity index is 834. The van der Waals surface area contributed by atoms with E-state index in [1.165, 1.54) is 11.1 Å². The van der Waals surface area contributed by atoms with Gasteiger partial charge in [0.2, 0.25) is 15.9 Å². The average molecular weight is 439 g/mol. The second-order valence-electron chi connectivity index (χ2n) is 6.19. The molecular formula is C19H23BrN2O3S. The Morgan fingerprint density at radius 3 is 2.27 bits per heavy atom. The number of rotatable bonds is 8. The molecule has 0 radical (unpaired) electrons. The fourth-order valence-corrected chi connectivity index (χ4v) is 3.59. The predicted octanol–water partition coefficient (Wildman–Crippen LogP) is 3.27. The van der Waals surface area contributed by atoms with E-state index >= 15 is 0 Å². The summed E-state index contributed by atoms with van der Waals surface area (Å²) in [6.45, 7) is 2.32. The third-order valence-corrected chi connectivity index (χ3v) is 5.56. The summed E-state index contributed by atoms with van der Waals surface area (Å²) in [5, 5.41) is 2.79. The van der Waals surface area contributed by atoms with E-state index in [9.17, 15) is 13.2 Å². The average Bonchev–Trinajstić information content (AvgIpc) is 2.58. The van der Waals surface area contributed by atoms with Crippen molar-refractivity contribution in [2.24, 2.45) is 0 Å². The number of sulfonamides is 1. The molecule has 0 aliphatic heterocycles. The molecule has 0 aromatic heterocycles. The zero-order chi connectivity index (χ0) is 19.2. The Morgan fingerprint density at radius 1 is 1.08 bits per heavy atom. The number of halogens is 1. The monoisotopic (exact) mass is 438 g/mol. The van der Waals surface area contributed by atoms with Crippen molar-refractivity contribution in [3.63, 3.8) is 0 Å². The van der Waals surface area contributed by atoms with E-state index in [0.29, 0.717) is 12.2 Å². The van der Waals surface area contributed by atoms with Crippen LogP contribution in [0.15, 0.2) is 53.0 Å². The van der Waals surface area contributed by atoms with Crippen molar-refractivity contribution in [2.75, 3.05) is 23.7 Å². The fourth-order valence-electron chi connectivity index (χ4n) is 2.47. The van der Waals surface area contributed by atoms with Crippen LogP contribution in [0.1, 0.15) is 17.5 Å². The standard InChI is InChI=1S/C19H23BrN2O3S/c1-15-5-7-16(8-6-15)4-3-13-21-19(23)14-22(26(2,24)25)18-11-9-17(20)10-12-18/h5-12H,3-4,13-14H2,1-2H3,(H,21,23). The minimum absolute atomic E-state index is 0.231. The second kappa shape index (κ2) is 9.19. The molecular weight excluding hydrogens is 416 g/mol. The maximum atomic E-state index is 12.2. The molecule has 0 saturated heterocycles. The van der Waals surface area contributed by atoms with Crippen molar-refractivity contribution >= 4 is 37.5 Å². The molecule has 1 N–H and O–H groups in total. The summed E-state index contributed by atoms with van der Waals surface area (Å²) in [6, 6.07) is 15.1. The number of hydrogen-bond acceptors (Lipinski definition) is 3. The SMILES string of the molecule is Cc1ccc(CCCNC(=O)CN(c2ccc(Br)cc2)S(C)(=O)=O)cc1. The van der Waals surface area contributed by atoms with Crippen molar-refractivity contribution in [1.82, 2.24) is 5.32 Å². The number of carbonyl (C=O) groups excluding carboxylic acids is 1. The van der Waals surface area contributed by atoms with Crippen LogP contribution >= 0.6 is 15.9 Å². The molecule has 0 aliphatic rings. The largest absolute Gasteiger partial charge is 0.355 e. The van der Waals surface area contributed by atoms with Gasteiger partial charge in [0, 0.05) is 11.0 Å². The van der Waals surface area contributed by atoms with Crippen LogP contribution in [-0.2, 0) is 21.2 Å². The normalized spacial score (nSPS) is 11.2. The molecule has 0 atom stereocenters. The molecule has 1 amide bonds. The Labute approximate surface area is 163 Å². The van der Waals surface area contributed by atoms with Crippen LogP contribution < -0.4 is 9.62 Å². The van der Waals surface area contributed by atoms with Crippen LogP contribution in [0.5, 0.6) is 0 Å². The van der Waals surface area contributed by atoms with Gasteiger partial charge in [0.15, 0.2) is 0 Å². The van der Waals surface area contributed by atoms with Crippen LogP contribution in [0.25, 0.3) is 0 Å². The molecule has 0 heterocycles. The van der Waals surface area contributed by atoms with Gasteiger partial charge in [-0.2, -0.15) is 0 Å². The molecule has 0 spiro atoms. The van der Waals surface area contributed by atoms with E-state index in [2.05, 4.69) is 45.5 Å². The van der Waals surface area contributed by atoms with Gasteiger partial charge in [0.25, 0.3) is 0 Å². The number of nitrogens with zero attached hydrogens (tertiary/aromatic N) is 1. The maximum Gasteiger partial charge on any atom is 0.240 e. The molecule has 0 saturated carbocycles. The summed E-state index contributed by atoms with van der Waals surface area (Å²) in [6.07, 6.45) is 2.76. The molecule has 0 bridgehead atoms. The van der Waals surface area contributed by atoms with E-state index < -0.39 is 10.0 Å². The molecule has 0 aliphatic carbocycles. The van der Waals surface area contributed by atoms with Crippen molar-refractivity contribution in [3.05, 3.63) is 64.1 Å². The van der Waals surface area contributed by atoms with Crippen molar-refractivity contribution in [2.45, 2.75) is 19.8 Å². The van der Waals surface area contributed by atoms with Crippen molar-refractivity contribution < 1.29 is 13.2 Å². The summed E-state index contributed by atoms with van der Waals surface area (Å²) >= 11 is 3.31. The third-order valence-electron chi connectivity index (χ3n) is 3.89. The fraction of sp³-hybridized carbons (Fsp3) is 0.316. The van der Waals surface area contributed by atoms with Gasteiger partial charge in [-0.3, -0.25) is 9.10 Å². The Kier molecular flexibility index (Phi) is 7.23. The lowest BCUT2D eigenvalue weighted by Gasteiger charge is -2.22. The molecule has 7 heteroatoms. The topological polar surface area (TPSA) is 66.5 Å². The van der Waals surface area contributed by atoms with Gasteiger partial charge in [0.05, 0.1) is 11.9 Å². The first kappa shape index (κ1) is 20.5. The lowest BCUT2D eigenvalue weighted by atomic mass is 10.1. The van der Waals surface area contributed by atoms with Crippen LogP contribution in [0, 0.1) is 6.92 Å². The van der Waals surface area contributed by atoms with Crippen LogP contribution in [-0.4, -0.2) is 33.7 Å². The maximum absolute atomic E-state index is 12.2. The summed E-state index contributed by atoms with van der Waals surface area (Å²) in [5.41, 5.74) is 2.90. The minimum Gasteiger partial charge on any atom is -0.355 e. The molecule has 0 fully saturated rings. The highest BCUT2D eigenvalue weighted by Gasteiger charge is 2.20. The molecule has 2 aromatic carbocycles. The van der Waals surface area contributed by atoms with Gasteiger partial charge in [-0.05, 0) is 49.6 Å². The van der Waals surface area contributed by atoms with Gasteiger partial charge in [-0.15, -0.1) is 0 Å². The zero-order valence-corrected chi connectivity index (χ0v) is 17.3.